The number of nitrogens with zero attached hydrogens (tertiary/aromatic N) is 1. The van der Waals surface area contributed by atoms with Crippen molar-refractivity contribution in [3.63, 3.8) is 0 Å². The third-order valence-electron chi connectivity index (χ3n) is 2.53. The molecule has 0 atom stereocenters. The Hall–Kier alpha value is -1.68. The van der Waals surface area contributed by atoms with Crippen molar-refractivity contribution in [3.8, 4) is 0 Å². The quantitative estimate of drug-likeness (QED) is 0.770. The van der Waals surface area contributed by atoms with Gasteiger partial charge in [0.1, 0.15) is 0 Å². The summed E-state index contributed by atoms with van der Waals surface area (Å²) in [4.78, 5) is 24.4. The summed E-state index contributed by atoms with van der Waals surface area (Å²) in [7, 11) is 1.70. The Labute approximate surface area is 101 Å². The van der Waals surface area contributed by atoms with Crippen molar-refractivity contribution in [1.82, 2.24) is 4.90 Å². The lowest BCUT2D eigenvalue weighted by atomic mass is 10.0. The Morgan fingerprint density at radius 2 is 1.88 bits per heavy atom. The number of hydrogen-bond donors (Lipinski definition) is 1. The van der Waals surface area contributed by atoms with Crippen LogP contribution in [0.25, 0.3) is 0 Å². The summed E-state index contributed by atoms with van der Waals surface area (Å²) in [5, 5.41) is 0. The SMILES string of the molecule is Cc1ccc(C)c(C(=O)CN(C)CC(N)=O)c1. The summed E-state index contributed by atoms with van der Waals surface area (Å²) in [6.07, 6.45) is 0. The maximum atomic E-state index is 12.0. The Kier molecular flexibility index (Phi) is 4.40. The third-order valence-corrected chi connectivity index (χ3v) is 2.53. The molecule has 1 aromatic rings. The zero-order valence-corrected chi connectivity index (χ0v) is 10.5. The molecule has 0 unspecified atom stereocenters. The molecule has 0 aliphatic rings. The van der Waals surface area contributed by atoms with Crippen molar-refractivity contribution >= 4 is 11.7 Å². The molecule has 0 spiro atoms. The topological polar surface area (TPSA) is 63.4 Å². The van der Waals surface area contributed by atoms with Crippen molar-refractivity contribution in [2.75, 3.05) is 20.1 Å². The molecule has 0 heterocycles. The summed E-state index contributed by atoms with van der Waals surface area (Å²) < 4.78 is 0. The van der Waals surface area contributed by atoms with Gasteiger partial charge in [-0.25, -0.2) is 0 Å². The van der Waals surface area contributed by atoms with Crippen LogP contribution in [0.4, 0.5) is 0 Å². The first-order valence-electron chi connectivity index (χ1n) is 5.47. The Bertz CT molecular complexity index is 441. The van der Waals surface area contributed by atoms with Gasteiger partial charge in [-0.3, -0.25) is 14.5 Å². The fourth-order valence-electron chi connectivity index (χ4n) is 1.69. The first kappa shape index (κ1) is 13.4. The van der Waals surface area contributed by atoms with Gasteiger partial charge in [-0.15, -0.1) is 0 Å². The fraction of sp³-hybridized carbons (Fsp3) is 0.385. The number of rotatable bonds is 5. The van der Waals surface area contributed by atoms with E-state index < -0.39 is 5.91 Å². The molecule has 0 radical (unpaired) electrons. The van der Waals surface area contributed by atoms with Crippen molar-refractivity contribution in [2.24, 2.45) is 5.73 Å². The number of ketones is 1. The minimum absolute atomic E-state index is 0.00921. The molecule has 0 saturated carbocycles. The molecular weight excluding hydrogens is 216 g/mol. The molecule has 0 aliphatic heterocycles. The Morgan fingerprint density at radius 3 is 2.47 bits per heavy atom. The van der Waals surface area contributed by atoms with E-state index in [1.165, 1.54) is 0 Å². The zero-order chi connectivity index (χ0) is 13.0. The molecule has 0 bridgehead atoms. The van der Waals surface area contributed by atoms with E-state index in [0.29, 0.717) is 5.56 Å². The molecule has 0 aliphatic carbocycles. The lowest BCUT2D eigenvalue weighted by molar-refractivity contribution is -0.118. The average Bonchev–Trinajstić information content (AvgIpc) is 2.20. The van der Waals surface area contributed by atoms with Gasteiger partial charge >= 0.3 is 0 Å². The predicted octanol–water partition coefficient (Wildman–Crippen LogP) is 0.903. The van der Waals surface area contributed by atoms with Gasteiger partial charge in [0.2, 0.25) is 5.91 Å². The van der Waals surface area contributed by atoms with Crippen LogP contribution in [0.1, 0.15) is 21.5 Å². The second kappa shape index (κ2) is 5.59. The number of hydrogen-bond acceptors (Lipinski definition) is 3. The summed E-state index contributed by atoms with van der Waals surface area (Å²) in [5.74, 6) is -0.420. The van der Waals surface area contributed by atoms with E-state index in [4.69, 9.17) is 5.73 Å². The minimum Gasteiger partial charge on any atom is -0.369 e. The molecule has 4 heteroatoms. The molecule has 0 saturated heterocycles. The van der Waals surface area contributed by atoms with Crippen molar-refractivity contribution in [2.45, 2.75) is 13.8 Å². The van der Waals surface area contributed by atoms with E-state index in [9.17, 15) is 9.59 Å². The highest BCUT2D eigenvalue weighted by molar-refractivity contribution is 5.99. The molecule has 1 aromatic carbocycles. The molecule has 0 aromatic heterocycles. The highest BCUT2D eigenvalue weighted by atomic mass is 16.1. The second-order valence-corrected chi connectivity index (χ2v) is 4.38. The third kappa shape index (κ3) is 4.00. The number of carbonyl (C=O) groups excluding carboxylic acids is 2. The van der Waals surface area contributed by atoms with Crippen molar-refractivity contribution in [3.05, 3.63) is 34.9 Å². The number of benzene rings is 1. The van der Waals surface area contributed by atoms with E-state index in [1.54, 1.807) is 11.9 Å². The van der Waals surface area contributed by atoms with Crippen molar-refractivity contribution in [1.29, 1.82) is 0 Å². The highest BCUT2D eigenvalue weighted by Gasteiger charge is 2.13. The lowest BCUT2D eigenvalue weighted by Crippen LogP contribution is -2.34. The van der Waals surface area contributed by atoms with Crippen LogP contribution in [-0.4, -0.2) is 36.7 Å². The van der Waals surface area contributed by atoms with E-state index in [0.717, 1.165) is 11.1 Å². The average molecular weight is 234 g/mol. The van der Waals surface area contributed by atoms with Gasteiger partial charge in [-0.2, -0.15) is 0 Å². The molecular formula is C13H18N2O2. The lowest BCUT2D eigenvalue weighted by Gasteiger charge is -2.14. The number of aryl methyl sites for hydroxylation is 2. The van der Waals surface area contributed by atoms with E-state index in [-0.39, 0.29) is 18.9 Å². The summed E-state index contributed by atoms with van der Waals surface area (Å²) in [6.45, 7) is 4.15. The van der Waals surface area contributed by atoms with Crippen LogP contribution in [-0.2, 0) is 4.79 Å². The van der Waals surface area contributed by atoms with E-state index in [2.05, 4.69) is 0 Å². The molecule has 17 heavy (non-hydrogen) atoms. The fourth-order valence-corrected chi connectivity index (χ4v) is 1.69. The number of nitrogens with two attached hydrogens (primary N) is 1. The number of likely N-dealkylation sites (N-methyl/N-ethyl adjacent to an activating group) is 1. The first-order chi connectivity index (χ1) is 7.90. The van der Waals surface area contributed by atoms with Crippen LogP contribution >= 0.6 is 0 Å². The van der Waals surface area contributed by atoms with Crippen LogP contribution in [0, 0.1) is 13.8 Å². The molecule has 2 N–H and O–H groups in total. The van der Waals surface area contributed by atoms with Crippen molar-refractivity contribution < 1.29 is 9.59 Å². The molecule has 4 nitrogen and oxygen atoms in total. The number of carbonyl (C=O) groups is 2. The standard InChI is InChI=1S/C13H18N2O2/c1-9-4-5-10(2)11(6-9)12(16)7-15(3)8-13(14)17/h4-6H,7-8H2,1-3H3,(H2,14,17). The van der Waals surface area contributed by atoms with Crippen LogP contribution in [0.3, 0.4) is 0 Å². The number of amides is 1. The Balaban J connectivity index is 2.76. The molecule has 0 fully saturated rings. The smallest absolute Gasteiger partial charge is 0.231 e. The van der Waals surface area contributed by atoms with Gasteiger partial charge in [0.05, 0.1) is 13.1 Å². The summed E-state index contributed by atoms with van der Waals surface area (Å²) in [5.41, 5.74) is 7.78. The second-order valence-electron chi connectivity index (χ2n) is 4.38. The maximum absolute atomic E-state index is 12.0. The van der Waals surface area contributed by atoms with E-state index >= 15 is 0 Å². The van der Waals surface area contributed by atoms with Crippen LogP contribution < -0.4 is 5.73 Å². The van der Waals surface area contributed by atoms with Crippen LogP contribution in [0.15, 0.2) is 18.2 Å². The van der Waals surface area contributed by atoms with Crippen LogP contribution in [0.5, 0.6) is 0 Å². The summed E-state index contributed by atoms with van der Waals surface area (Å²) >= 11 is 0. The number of primary amides is 1. The first-order valence-corrected chi connectivity index (χ1v) is 5.47. The van der Waals surface area contributed by atoms with Gasteiger partial charge in [0.25, 0.3) is 0 Å². The monoisotopic (exact) mass is 234 g/mol. The molecule has 92 valence electrons. The number of Topliss-reactive ketones (excluding diaryl/α,β-unsaturated/α-hetero) is 1. The summed E-state index contributed by atoms with van der Waals surface area (Å²) in [6, 6.07) is 5.77. The van der Waals surface area contributed by atoms with Gasteiger partial charge in [-0.05, 0) is 32.5 Å². The normalized spacial score (nSPS) is 10.6. The van der Waals surface area contributed by atoms with Gasteiger partial charge in [0.15, 0.2) is 5.78 Å². The highest BCUT2D eigenvalue weighted by Crippen LogP contribution is 2.11. The van der Waals surface area contributed by atoms with E-state index in [1.807, 2.05) is 32.0 Å². The molecule has 1 amide bonds. The minimum atomic E-state index is -0.429. The molecule has 1 rings (SSSR count). The predicted molar refractivity (Wildman–Crippen MR) is 66.9 cm³/mol. The largest absolute Gasteiger partial charge is 0.369 e. The Morgan fingerprint density at radius 1 is 1.24 bits per heavy atom. The zero-order valence-electron chi connectivity index (χ0n) is 10.5. The van der Waals surface area contributed by atoms with Crippen LogP contribution in [0.2, 0.25) is 0 Å². The van der Waals surface area contributed by atoms with Gasteiger partial charge < -0.3 is 5.73 Å². The maximum Gasteiger partial charge on any atom is 0.231 e. The van der Waals surface area contributed by atoms with Gasteiger partial charge in [0, 0.05) is 5.56 Å². The van der Waals surface area contributed by atoms with Gasteiger partial charge in [-0.1, -0.05) is 17.7 Å².